The van der Waals surface area contributed by atoms with Crippen LogP contribution < -0.4 is 0 Å². The molecular weight excluding hydrogens is 217 g/mol. The zero-order valence-corrected chi connectivity index (χ0v) is 9.91. The predicted molar refractivity (Wildman–Crippen MR) is 58.3 cm³/mol. The molecule has 0 aromatic heterocycles. The maximum atomic E-state index is 11.8. The van der Waals surface area contributed by atoms with Gasteiger partial charge in [0.15, 0.2) is 0 Å². The minimum absolute atomic E-state index is 0.257. The van der Waals surface area contributed by atoms with Crippen LogP contribution in [0, 0.1) is 0 Å². The molecule has 16 heavy (non-hydrogen) atoms. The summed E-state index contributed by atoms with van der Waals surface area (Å²) in [5.41, 5.74) is 0. The SMILES string of the molecule is CCCCCCCCC(=O)CCC(F)(F)F. The molecule has 0 rings (SSSR count). The summed E-state index contributed by atoms with van der Waals surface area (Å²) in [5.74, 6) is -0.257. The van der Waals surface area contributed by atoms with Crippen LogP contribution >= 0.6 is 0 Å². The molecule has 96 valence electrons. The number of halogens is 3. The first kappa shape index (κ1) is 15.5. The Morgan fingerprint density at radius 1 is 0.938 bits per heavy atom. The molecule has 0 bridgehead atoms. The van der Waals surface area contributed by atoms with Crippen molar-refractivity contribution in [3.63, 3.8) is 0 Å². The van der Waals surface area contributed by atoms with Crippen molar-refractivity contribution in [1.29, 1.82) is 0 Å². The highest BCUT2D eigenvalue weighted by molar-refractivity contribution is 5.78. The van der Waals surface area contributed by atoms with Gasteiger partial charge in [-0.05, 0) is 6.42 Å². The highest BCUT2D eigenvalue weighted by Gasteiger charge is 2.27. The fraction of sp³-hybridized carbons (Fsp3) is 0.917. The highest BCUT2D eigenvalue weighted by Crippen LogP contribution is 2.22. The molecule has 0 N–H and O–H groups in total. The molecule has 1 nitrogen and oxygen atoms in total. The van der Waals surface area contributed by atoms with Crippen LogP contribution in [-0.2, 0) is 4.79 Å². The first-order valence-electron chi connectivity index (χ1n) is 6.04. The molecule has 0 saturated heterocycles. The normalized spacial score (nSPS) is 11.8. The second-order valence-corrected chi connectivity index (χ2v) is 4.17. The van der Waals surface area contributed by atoms with Crippen LogP contribution in [0.4, 0.5) is 13.2 Å². The van der Waals surface area contributed by atoms with E-state index < -0.39 is 12.6 Å². The van der Waals surface area contributed by atoms with E-state index in [9.17, 15) is 18.0 Å². The Balaban J connectivity index is 3.31. The summed E-state index contributed by atoms with van der Waals surface area (Å²) in [4.78, 5) is 11.1. The number of carbonyl (C=O) groups is 1. The van der Waals surface area contributed by atoms with Crippen molar-refractivity contribution < 1.29 is 18.0 Å². The Kier molecular flexibility index (Phi) is 8.30. The average Bonchev–Trinajstić information content (AvgIpc) is 2.19. The van der Waals surface area contributed by atoms with Crippen molar-refractivity contribution in [1.82, 2.24) is 0 Å². The van der Waals surface area contributed by atoms with Gasteiger partial charge >= 0.3 is 6.18 Å². The van der Waals surface area contributed by atoms with Crippen molar-refractivity contribution in [2.75, 3.05) is 0 Å². The molecule has 0 atom stereocenters. The van der Waals surface area contributed by atoms with Gasteiger partial charge in [0.25, 0.3) is 0 Å². The van der Waals surface area contributed by atoms with Gasteiger partial charge in [0.2, 0.25) is 0 Å². The number of hydrogen-bond acceptors (Lipinski definition) is 1. The molecule has 0 fully saturated rings. The van der Waals surface area contributed by atoms with Gasteiger partial charge in [0.1, 0.15) is 5.78 Å². The molecule has 0 unspecified atom stereocenters. The molecule has 0 heterocycles. The summed E-state index contributed by atoms with van der Waals surface area (Å²) in [7, 11) is 0. The number of alkyl halides is 3. The molecule has 0 aromatic carbocycles. The molecule has 0 amide bonds. The van der Waals surface area contributed by atoms with E-state index in [1.807, 2.05) is 0 Å². The monoisotopic (exact) mass is 238 g/mol. The minimum atomic E-state index is -4.20. The molecule has 0 aliphatic carbocycles. The van der Waals surface area contributed by atoms with E-state index >= 15 is 0 Å². The first-order chi connectivity index (χ1) is 7.45. The van der Waals surface area contributed by atoms with Crippen LogP contribution in [0.25, 0.3) is 0 Å². The zero-order chi connectivity index (χ0) is 12.4. The summed E-state index contributed by atoms with van der Waals surface area (Å²) in [5, 5.41) is 0. The van der Waals surface area contributed by atoms with Crippen LogP contribution in [0.5, 0.6) is 0 Å². The van der Waals surface area contributed by atoms with Crippen LogP contribution in [0.3, 0.4) is 0 Å². The minimum Gasteiger partial charge on any atom is -0.300 e. The van der Waals surface area contributed by atoms with Crippen molar-refractivity contribution in [2.24, 2.45) is 0 Å². The summed E-state index contributed by atoms with van der Waals surface area (Å²) in [6, 6.07) is 0. The third kappa shape index (κ3) is 11.5. The Morgan fingerprint density at radius 3 is 2.06 bits per heavy atom. The second-order valence-electron chi connectivity index (χ2n) is 4.17. The molecule has 0 aliphatic rings. The Hall–Kier alpha value is -0.540. The number of carbonyl (C=O) groups excluding carboxylic acids is 1. The molecule has 0 aromatic rings. The summed E-state index contributed by atoms with van der Waals surface area (Å²) in [6.07, 6.45) is 1.09. The Morgan fingerprint density at radius 2 is 1.50 bits per heavy atom. The largest absolute Gasteiger partial charge is 0.389 e. The Bertz CT molecular complexity index is 187. The molecule has 0 spiro atoms. The fourth-order valence-corrected chi connectivity index (χ4v) is 1.51. The van der Waals surface area contributed by atoms with Crippen LogP contribution in [0.15, 0.2) is 0 Å². The van der Waals surface area contributed by atoms with Gasteiger partial charge in [-0.2, -0.15) is 13.2 Å². The lowest BCUT2D eigenvalue weighted by molar-refractivity contribution is -0.143. The fourth-order valence-electron chi connectivity index (χ4n) is 1.51. The van der Waals surface area contributed by atoms with E-state index in [-0.39, 0.29) is 12.2 Å². The van der Waals surface area contributed by atoms with Crippen LogP contribution in [-0.4, -0.2) is 12.0 Å². The topological polar surface area (TPSA) is 17.1 Å². The standard InChI is InChI=1S/C12H21F3O/c1-2-3-4-5-6-7-8-11(16)9-10-12(13,14)15/h2-10H2,1H3. The van der Waals surface area contributed by atoms with Crippen molar-refractivity contribution in [3.05, 3.63) is 0 Å². The summed E-state index contributed by atoms with van der Waals surface area (Å²) in [6.45, 7) is 2.13. The smallest absolute Gasteiger partial charge is 0.300 e. The third-order valence-electron chi connectivity index (χ3n) is 2.50. The zero-order valence-electron chi connectivity index (χ0n) is 9.91. The third-order valence-corrected chi connectivity index (χ3v) is 2.50. The van der Waals surface area contributed by atoms with E-state index in [2.05, 4.69) is 6.92 Å². The van der Waals surface area contributed by atoms with Crippen molar-refractivity contribution >= 4 is 5.78 Å². The lowest BCUT2D eigenvalue weighted by atomic mass is 10.1. The molecular formula is C12H21F3O. The predicted octanol–water partition coefficient (Wildman–Crippen LogP) is 4.65. The highest BCUT2D eigenvalue weighted by atomic mass is 19.4. The molecule has 0 aliphatic heterocycles. The molecule has 4 heteroatoms. The maximum Gasteiger partial charge on any atom is 0.389 e. The summed E-state index contributed by atoms with van der Waals surface area (Å²) >= 11 is 0. The quantitative estimate of drug-likeness (QED) is 0.534. The summed E-state index contributed by atoms with van der Waals surface area (Å²) < 4.78 is 35.4. The Labute approximate surface area is 95.4 Å². The average molecular weight is 238 g/mol. The van der Waals surface area contributed by atoms with Crippen LogP contribution in [0.2, 0.25) is 0 Å². The van der Waals surface area contributed by atoms with E-state index in [0.717, 1.165) is 25.7 Å². The van der Waals surface area contributed by atoms with Gasteiger partial charge in [0.05, 0.1) is 6.42 Å². The molecule has 0 radical (unpaired) electrons. The number of hydrogen-bond donors (Lipinski definition) is 0. The maximum absolute atomic E-state index is 11.8. The lowest BCUT2D eigenvalue weighted by Crippen LogP contribution is -2.10. The van der Waals surface area contributed by atoms with Crippen LogP contribution in [0.1, 0.15) is 64.7 Å². The van der Waals surface area contributed by atoms with Gasteiger partial charge in [-0.25, -0.2) is 0 Å². The van der Waals surface area contributed by atoms with Gasteiger partial charge in [0, 0.05) is 12.8 Å². The van der Waals surface area contributed by atoms with Gasteiger partial charge in [-0.15, -0.1) is 0 Å². The number of Topliss-reactive ketones (excluding diaryl/α,β-unsaturated/α-hetero) is 1. The first-order valence-corrected chi connectivity index (χ1v) is 6.04. The number of rotatable bonds is 9. The number of unbranched alkanes of at least 4 members (excludes halogenated alkanes) is 5. The van der Waals surface area contributed by atoms with Gasteiger partial charge in [-0.1, -0.05) is 39.0 Å². The van der Waals surface area contributed by atoms with E-state index in [1.54, 1.807) is 0 Å². The van der Waals surface area contributed by atoms with E-state index in [4.69, 9.17) is 0 Å². The van der Waals surface area contributed by atoms with E-state index in [0.29, 0.717) is 6.42 Å². The van der Waals surface area contributed by atoms with E-state index in [1.165, 1.54) is 12.8 Å². The number of ketones is 1. The van der Waals surface area contributed by atoms with Gasteiger partial charge < -0.3 is 0 Å². The van der Waals surface area contributed by atoms with Crippen molar-refractivity contribution in [3.8, 4) is 0 Å². The second kappa shape index (κ2) is 8.59. The lowest BCUT2D eigenvalue weighted by Gasteiger charge is -2.05. The van der Waals surface area contributed by atoms with Gasteiger partial charge in [-0.3, -0.25) is 4.79 Å². The molecule has 0 saturated carbocycles. The van der Waals surface area contributed by atoms with Crippen molar-refractivity contribution in [2.45, 2.75) is 70.9 Å².